The largest absolute Gasteiger partial charge is 0.320 e. The normalized spacial score (nSPS) is 12.2. The highest BCUT2D eigenvalue weighted by Gasteiger charge is 2.25. The summed E-state index contributed by atoms with van der Waals surface area (Å²) in [7, 11) is 0. The molecule has 0 unspecified atom stereocenters. The molecule has 2 N–H and O–H groups in total. The number of amides is 1. The summed E-state index contributed by atoms with van der Waals surface area (Å²) in [5.74, 6) is -0.353. The number of aromatic nitrogens is 2. The number of anilines is 1. The fourth-order valence-electron chi connectivity index (χ4n) is 3.14. The number of carbonyl (C=O) groups is 1. The lowest BCUT2D eigenvalue weighted by atomic mass is 9.89. The van der Waals surface area contributed by atoms with Gasteiger partial charge >= 0.3 is 0 Å². The minimum Gasteiger partial charge on any atom is -0.320 e. The third-order valence-electron chi connectivity index (χ3n) is 4.33. The zero-order valence-corrected chi connectivity index (χ0v) is 13.2. The van der Waals surface area contributed by atoms with Crippen molar-refractivity contribution in [1.29, 1.82) is 0 Å². The van der Waals surface area contributed by atoms with Crippen LogP contribution in [0.2, 0.25) is 0 Å². The van der Waals surface area contributed by atoms with Gasteiger partial charge in [-0.3, -0.25) is 20.0 Å². The average molecular weight is 334 g/mol. The molecular formula is C18H14N4O3. The van der Waals surface area contributed by atoms with Gasteiger partial charge in [0, 0.05) is 28.9 Å². The highest BCUT2D eigenvalue weighted by molar-refractivity contribution is 6.05. The van der Waals surface area contributed by atoms with Gasteiger partial charge in [0.15, 0.2) is 0 Å². The number of non-ortho nitro benzene ring substituents is 1. The Balaban J connectivity index is 1.64. The van der Waals surface area contributed by atoms with E-state index < -0.39 is 4.92 Å². The van der Waals surface area contributed by atoms with Crippen molar-refractivity contribution >= 4 is 17.3 Å². The van der Waals surface area contributed by atoms with Crippen LogP contribution in [0.25, 0.3) is 11.3 Å². The van der Waals surface area contributed by atoms with E-state index in [1.54, 1.807) is 6.07 Å². The molecule has 1 amide bonds. The second kappa shape index (κ2) is 5.86. The fourth-order valence-corrected chi connectivity index (χ4v) is 3.14. The summed E-state index contributed by atoms with van der Waals surface area (Å²) in [6.07, 6.45) is 1.57. The maximum Gasteiger partial charge on any atom is 0.273 e. The number of rotatable bonds is 3. The van der Waals surface area contributed by atoms with Crippen LogP contribution in [0.15, 0.2) is 48.5 Å². The van der Waals surface area contributed by atoms with Gasteiger partial charge in [-0.1, -0.05) is 30.3 Å². The van der Waals surface area contributed by atoms with E-state index in [0.29, 0.717) is 11.4 Å². The van der Waals surface area contributed by atoms with Crippen molar-refractivity contribution in [3.8, 4) is 11.3 Å². The van der Waals surface area contributed by atoms with Gasteiger partial charge in [0.1, 0.15) is 5.69 Å². The molecular weight excluding hydrogens is 320 g/mol. The first-order chi connectivity index (χ1) is 12.1. The third kappa shape index (κ3) is 2.65. The number of nitro benzene ring substituents is 1. The summed E-state index contributed by atoms with van der Waals surface area (Å²) in [6, 6.07) is 13.9. The molecule has 0 radical (unpaired) electrons. The van der Waals surface area contributed by atoms with E-state index >= 15 is 0 Å². The van der Waals surface area contributed by atoms with Gasteiger partial charge in [-0.2, -0.15) is 5.10 Å². The maximum atomic E-state index is 12.6. The Morgan fingerprint density at radius 3 is 2.84 bits per heavy atom. The van der Waals surface area contributed by atoms with Crippen molar-refractivity contribution in [2.75, 3.05) is 5.32 Å². The van der Waals surface area contributed by atoms with Gasteiger partial charge < -0.3 is 5.32 Å². The SMILES string of the molecule is O=C(Nc1cccc([N+](=O)[O-])c1)c1[nH]nc2c1CCc1ccccc1-2. The minimum absolute atomic E-state index is 0.0710. The van der Waals surface area contributed by atoms with Crippen LogP contribution >= 0.6 is 0 Å². The molecule has 7 heteroatoms. The number of nitrogens with zero attached hydrogens (tertiary/aromatic N) is 2. The zero-order chi connectivity index (χ0) is 17.4. The third-order valence-corrected chi connectivity index (χ3v) is 4.33. The molecule has 1 aliphatic rings. The molecule has 0 atom stereocenters. The van der Waals surface area contributed by atoms with Gasteiger partial charge in [-0.25, -0.2) is 0 Å². The quantitative estimate of drug-likeness (QED) is 0.566. The summed E-state index contributed by atoms with van der Waals surface area (Å²) in [5, 5.41) is 20.7. The molecule has 1 aromatic heterocycles. The van der Waals surface area contributed by atoms with E-state index in [1.165, 1.54) is 23.8 Å². The molecule has 1 heterocycles. The number of fused-ring (bicyclic) bond motifs is 3. The van der Waals surface area contributed by atoms with Crippen molar-refractivity contribution in [3.05, 3.63) is 75.5 Å². The maximum absolute atomic E-state index is 12.6. The van der Waals surface area contributed by atoms with Crippen molar-refractivity contribution < 1.29 is 9.72 Å². The van der Waals surface area contributed by atoms with Crippen LogP contribution in [0.4, 0.5) is 11.4 Å². The van der Waals surface area contributed by atoms with Crippen LogP contribution in [-0.4, -0.2) is 21.0 Å². The number of H-pyrrole nitrogens is 1. The van der Waals surface area contributed by atoms with E-state index in [0.717, 1.165) is 29.7 Å². The van der Waals surface area contributed by atoms with E-state index in [-0.39, 0.29) is 11.6 Å². The molecule has 4 rings (SSSR count). The van der Waals surface area contributed by atoms with E-state index in [2.05, 4.69) is 21.6 Å². The topological polar surface area (TPSA) is 101 Å². The van der Waals surface area contributed by atoms with Crippen LogP contribution in [0.1, 0.15) is 21.6 Å². The van der Waals surface area contributed by atoms with Crippen molar-refractivity contribution in [3.63, 3.8) is 0 Å². The lowest BCUT2D eigenvalue weighted by Gasteiger charge is -2.15. The number of nitro groups is 1. The van der Waals surface area contributed by atoms with Gasteiger partial charge in [0.25, 0.3) is 11.6 Å². The van der Waals surface area contributed by atoms with Crippen molar-refractivity contribution in [1.82, 2.24) is 10.2 Å². The minimum atomic E-state index is -0.495. The number of benzene rings is 2. The standard InChI is InChI=1S/C18H14N4O3/c23-18(19-12-5-3-6-13(10-12)22(24)25)17-15-9-8-11-4-1-2-7-14(11)16(15)20-21-17/h1-7,10H,8-9H2,(H,19,23)(H,20,21). The van der Waals surface area contributed by atoms with Crippen molar-refractivity contribution in [2.45, 2.75) is 12.8 Å². The summed E-state index contributed by atoms with van der Waals surface area (Å²) >= 11 is 0. The Bertz CT molecular complexity index is 993. The van der Waals surface area contributed by atoms with E-state index in [1.807, 2.05) is 18.2 Å². The number of nitrogens with one attached hydrogen (secondary N) is 2. The number of aryl methyl sites for hydroxylation is 1. The molecule has 0 saturated carbocycles. The van der Waals surface area contributed by atoms with Crippen LogP contribution < -0.4 is 5.32 Å². The molecule has 25 heavy (non-hydrogen) atoms. The smallest absolute Gasteiger partial charge is 0.273 e. The molecule has 0 saturated heterocycles. The zero-order valence-electron chi connectivity index (χ0n) is 13.2. The predicted molar refractivity (Wildman–Crippen MR) is 92.5 cm³/mol. The molecule has 0 bridgehead atoms. The molecule has 3 aromatic rings. The summed E-state index contributed by atoms with van der Waals surface area (Å²) in [5.41, 5.74) is 4.63. The Labute approximate surface area is 142 Å². The Kier molecular flexibility index (Phi) is 3.53. The molecule has 2 aromatic carbocycles. The van der Waals surface area contributed by atoms with Gasteiger partial charge in [-0.05, 0) is 24.5 Å². The van der Waals surface area contributed by atoms with E-state index in [9.17, 15) is 14.9 Å². The number of hydrogen-bond donors (Lipinski definition) is 2. The Morgan fingerprint density at radius 2 is 2.00 bits per heavy atom. The first-order valence-electron chi connectivity index (χ1n) is 7.85. The van der Waals surface area contributed by atoms with Crippen LogP contribution in [0.3, 0.4) is 0 Å². The number of aromatic amines is 1. The molecule has 0 spiro atoms. The van der Waals surface area contributed by atoms with Crippen LogP contribution in [0, 0.1) is 10.1 Å². The predicted octanol–water partition coefficient (Wildman–Crippen LogP) is 3.34. The lowest BCUT2D eigenvalue weighted by molar-refractivity contribution is -0.384. The van der Waals surface area contributed by atoms with Gasteiger partial charge in [-0.15, -0.1) is 0 Å². The monoisotopic (exact) mass is 334 g/mol. The van der Waals surface area contributed by atoms with Gasteiger partial charge in [0.2, 0.25) is 0 Å². The number of hydrogen-bond acceptors (Lipinski definition) is 4. The molecule has 1 aliphatic carbocycles. The fraction of sp³-hybridized carbons (Fsp3) is 0.111. The first-order valence-corrected chi connectivity index (χ1v) is 7.85. The molecule has 0 fully saturated rings. The van der Waals surface area contributed by atoms with Crippen LogP contribution in [-0.2, 0) is 12.8 Å². The molecule has 7 nitrogen and oxygen atoms in total. The summed E-state index contributed by atoms with van der Waals surface area (Å²) in [6.45, 7) is 0. The van der Waals surface area contributed by atoms with Gasteiger partial charge in [0.05, 0.1) is 10.6 Å². The van der Waals surface area contributed by atoms with E-state index in [4.69, 9.17) is 0 Å². The second-order valence-corrected chi connectivity index (χ2v) is 5.84. The van der Waals surface area contributed by atoms with Crippen LogP contribution in [0.5, 0.6) is 0 Å². The molecule has 124 valence electrons. The molecule has 0 aliphatic heterocycles. The summed E-state index contributed by atoms with van der Waals surface area (Å²) < 4.78 is 0. The highest BCUT2D eigenvalue weighted by atomic mass is 16.6. The summed E-state index contributed by atoms with van der Waals surface area (Å²) in [4.78, 5) is 22.9. The number of carbonyl (C=O) groups excluding carboxylic acids is 1. The first kappa shape index (κ1) is 15.1. The second-order valence-electron chi connectivity index (χ2n) is 5.84. The average Bonchev–Trinajstić information content (AvgIpc) is 3.06. The lowest BCUT2D eigenvalue weighted by Crippen LogP contribution is -2.15. The highest BCUT2D eigenvalue weighted by Crippen LogP contribution is 2.33. The Morgan fingerprint density at radius 1 is 1.16 bits per heavy atom. The Hall–Kier alpha value is -3.48. The van der Waals surface area contributed by atoms with Crippen molar-refractivity contribution in [2.24, 2.45) is 0 Å².